The molecule has 1 N–H and O–H groups in total. The third-order valence-corrected chi connectivity index (χ3v) is 3.17. The number of amides is 1. The van der Waals surface area contributed by atoms with Crippen LogP contribution >= 0.6 is 0 Å². The van der Waals surface area contributed by atoms with Crippen LogP contribution in [0.25, 0.3) is 0 Å². The summed E-state index contributed by atoms with van der Waals surface area (Å²) in [5, 5.41) is 13.3. The summed E-state index contributed by atoms with van der Waals surface area (Å²) in [6.07, 6.45) is 0. The van der Waals surface area contributed by atoms with Gasteiger partial charge in [0, 0.05) is 17.7 Å². The molecule has 122 valence electrons. The Balaban J connectivity index is 1.80. The largest absolute Gasteiger partial charge is 0.481 e. The van der Waals surface area contributed by atoms with Crippen molar-refractivity contribution in [3.05, 3.63) is 69.8 Å². The molecule has 0 heterocycles. The zero-order valence-corrected chi connectivity index (χ0v) is 13.1. The van der Waals surface area contributed by atoms with Gasteiger partial charge in [-0.25, -0.2) is 0 Å². The number of nitro benzene ring substituents is 1. The first kappa shape index (κ1) is 17.0. The summed E-state index contributed by atoms with van der Waals surface area (Å²) in [4.78, 5) is 22.0. The highest BCUT2D eigenvalue weighted by Crippen LogP contribution is 2.15. The second-order valence-corrected chi connectivity index (χ2v) is 4.90. The van der Waals surface area contributed by atoms with Crippen molar-refractivity contribution in [1.82, 2.24) is 5.32 Å². The number of ether oxygens (including phenoxy) is 1. The maximum atomic E-state index is 11.9. The lowest BCUT2D eigenvalue weighted by atomic mass is 10.2. The zero-order chi connectivity index (χ0) is 17.4. The van der Waals surface area contributed by atoms with Crippen LogP contribution in [0, 0.1) is 28.9 Å². The van der Waals surface area contributed by atoms with Crippen LogP contribution in [-0.2, 0) is 0 Å². The number of carbonyl (C=O) groups is 1. The minimum Gasteiger partial charge on any atom is -0.481 e. The van der Waals surface area contributed by atoms with Gasteiger partial charge in [-0.2, -0.15) is 0 Å². The number of para-hydroxylation sites is 1. The third-order valence-electron chi connectivity index (χ3n) is 3.17. The summed E-state index contributed by atoms with van der Waals surface area (Å²) >= 11 is 0. The number of nitro groups is 1. The van der Waals surface area contributed by atoms with Crippen LogP contribution in [0.15, 0.2) is 48.5 Å². The molecule has 0 unspecified atom stereocenters. The highest BCUT2D eigenvalue weighted by Gasteiger charge is 2.10. The summed E-state index contributed by atoms with van der Waals surface area (Å²) in [5.74, 6) is 5.94. The van der Waals surface area contributed by atoms with E-state index in [1.807, 2.05) is 31.2 Å². The number of benzene rings is 2. The fourth-order valence-electron chi connectivity index (χ4n) is 1.93. The molecule has 0 bridgehead atoms. The van der Waals surface area contributed by atoms with Gasteiger partial charge in [0.1, 0.15) is 12.4 Å². The van der Waals surface area contributed by atoms with Crippen molar-refractivity contribution in [2.24, 2.45) is 0 Å². The molecule has 1 amide bonds. The van der Waals surface area contributed by atoms with E-state index in [0.29, 0.717) is 0 Å². The number of nitrogens with zero attached hydrogens (tertiary/aromatic N) is 1. The molecule has 0 fully saturated rings. The monoisotopic (exact) mass is 324 g/mol. The fourth-order valence-corrected chi connectivity index (χ4v) is 1.93. The number of hydrogen-bond donors (Lipinski definition) is 1. The molecule has 2 aromatic carbocycles. The second-order valence-electron chi connectivity index (χ2n) is 4.90. The molecular formula is C18H16N2O4. The molecule has 0 spiro atoms. The maximum absolute atomic E-state index is 11.9. The number of carbonyl (C=O) groups excluding carboxylic acids is 1. The molecule has 0 aliphatic heterocycles. The van der Waals surface area contributed by atoms with Gasteiger partial charge in [0.05, 0.1) is 11.5 Å². The topological polar surface area (TPSA) is 81.5 Å². The van der Waals surface area contributed by atoms with Crippen LogP contribution in [0.5, 0.6) is 5.75 Å². The molecule has 24 heavy (non-hydrogen) atoms. The van der Waals surface area contributed by atoms with Crippen molar-refractivity contribution in [3.63, 3.8) is 0 Å². The van der Waals surface area contributed by atoms with Gasteiger partial charge in [-0.15, -0.1) is 0 Å². The Bertz CT molecular complexity index is 806. The Hall–Kier alpha value is -3.33. The van der Waals surface area contributed by atoms with Crippen LogP contribution in [0.1, 0.15) is 15.9 Å². The molecule has 0 aliphatic carbocycles. The lowest BCUT2D eigenvalue weighted by Crippen LogP contribution is -2.23. The van der Waals surface area contributed by atoms with Crippen LogP contribution in [-0.4, -0.2) is 24.0 Å². The van der Waals surface area contributed by atoms with Crippen molar-refractivity contribution in [3.8, 4) is 17.6 Å². The summed E-state index contributed by atoms with van der Waals surface area (Å²) in [5.41, 5.74) is 1.13. The predicted molar refractivity (Wildman–Crippen MR) is 89.9 cm³/mol. The number of aryl methyl sites for hydroxylation is 1. The summed E-state index contributed by atoms with van der Waals surface area (Å²) in [6.45, 7) is 2.30. The van der Waals surface area contributed by atoms with E-state index in [1.54, 1.807) is 0 Å². The van der Waals surface area contributed by atoms with Crippen molar-refractivity contribution < 1.29 is 14.5 Å². The van der Waals surface area contributed by atoms with E-state index in [9.17, 15) is 14.9 Å². The van der Waals surface area contributed by atoms with E-state index in [2.05, 4.69) is 17.2 Å². The summed E-state index contributed by atoms with van der Waals surface area (Å²) < 4.78 is 5.51. The lowest BCUT2D eigenvalue weighted by Gasteiger charge is -2.04. The minimum absolute atomic E-state index is 0.125. The highest BCUT2D eigenvalue weighted by atomic mass is 16.6. The number of non-ortho nitro benzene ring substituents is 1. The van der Waals surface area contributed by atoms with E-state index in [0.717, 1.165) is 11.3 Å². The van der Waals surface area contributed by atoms with Crippen LogP contribution in [0.3, 0.4) is 0 Å². The standard InChI is InChI=1S/C18H16N2O4/c1-14-7-2-3-10-17(14)24-12-5-4-11-19-18(21)15-8-6-9-16(13-15)20(22)23/h2-3,6-10,13H,11-12H2,1H3,(H,19,21). The Morgan fingerprint density at radius 2 is 2.00 bits per heavy atom. The first-order chi connectivity index (χ1) is 11.6. The lowest BCUT2D eigenvalue weighted by molar-refractivity contribution is -0.384. The Morgan fingerprint density at radius 1 is 1.21 bits per heavy atom. The maximum Gasteiger partial charge on any atom is 0.270 e. The molecule has 2 aromatic rings. The minimum atomic E-state index is -0.542. The third kappa shape index (κ3) is 4.85. The first-order valence-corrected chi connectivity index (χ1v) is 7.25. The Labute approximate surface area is 139 Å². The molecule has 0 radical (unpaired) electrons. The number of nitrogens with one attached hydrogen (secondary N) is 1. The normalized spacial score (nSPS) is 9.54. The molecule has 0 atom stereocenters. The van der Waals surface area contributed by atoms with E-state index < -0.39 is 10.8 Å². The second kappa shape index (κ2) is 8.34. The van der Waals surface area contributed by atoms with Gasteiger partial charge in [0.25, 0.3) is 11.6 Å². The van der Waals surface area contributed by atoms with Gasteiger partial charge in [-0.05, 0) is 24.6 Å². The Morgan fingerprint density at radius 3 is 2.75 bits per heavy atom. The number of rotatable bonds is 5. The molecule has 0 saturated heterocycles. The van der Waals surface area contributed by atoms with Gasteiger partial charge in [0.15, 0.2) is 0 Å². The van der Waals surface area contributed by atoms with E-state index >= 15 is 0 Å². The van der Waals surface area contributed by atoms with E-state index in [1.165, 1.54) is 24.3 Å². The highest BCUT2D eigenvalue weighted by molar-refractivity contribution is 5.94. The van der Waals surface area contributed by atoms with Gasteiger partial charge < -0.3 is 10.1 Å². The summed E-state index contributed by atoms with van der Waals surface area (Å²) in [6, 6.07) is 13.2. The van der Waals surface area contributed by atoms with Crippen LogP contribution in [0.2, 0.25) is 0 Å². The van der Waals surface area contributed by atoms with Crippen molar-refractivity contribution >= 4 is 11.6 Å². The molecule has 2 rings (SSSR count). The average molecular weight is 324 g/mol. The predicted octanol–water partition coefficient (Wildman–Crippen LogP) is 2.72. The first-order valence-electron chi connectivity index (χ1n) is 7.25. The average Bonchev–Trinajstić information content (AvgIpc) is 2.59. The number of hydrogen-bond acceptors (Lipinski definition) is 4. The van der Waals surface area contributed by atoms with E-state index in [4.69, 9.17) is 4.74 Å². The van der Waals surface area contributed by atoms with Crippen molar-refractivity contribution in [1.29, 1.82) is 0 Å². The van der Waals surface area contributed by atoms with Gasteiger partial charge >= 0.3 is 0 Å². The molecule has 0 aliphatic rings. The van der Waals surface area contributed by atoms with Crippen LogP contribution < -0.4 is 10.1 Å². The van der Waals surface area contributed by atoms with Gasteiger partial charge in [-0.3, -0.25) is 14.9 Å². The Kier molecular flexibility index (Phi) is 5.92. The van der Waals surface area contributed by atoms with E-state index in [-0.39, 0.29) is 24.4 Å². The fraction of sp³-hybridized carbons (Fsp3) is 0.167. The molecule has 0 aromatic heterocycles. The van der Waals surface area contributed by atoms with Crippen LogP contribution in [0.4, 0.5) is 5.69 Å². The molecule has 6 heteroatoms. The smallest absolute Gasteiger partial charge is 0.270 e. The quantitative estimate of drug-likeness (QED) is 0.521. The van der Waals surface area contributed by atoms with Crippen molar-refractivity contribution in [2.75, 3.05) is 13.2 Å². The SMILES string of the molecule is Cc1ccccc1OCC#CCNC(=O)c1cccc([N+](=O)[O-])c1. The molecule has 6 nitrogen and oxygen atoms in total. The molecule has 0 saturated carbocycles. The van der Waals surface area contributed by atoms with Gasteiger partial charge in [-0.1, -0.05) is 36.1 Å². The zero-order valence-electron chi connectivity index (χ0n) is 13.1. The van der Waals surface area contributed by atoms with Gasteiger partial charge in [0.2, 0.25) is 0 Å². The summed E-state index contributed by atoms with van der Waals surface area (Å²) in [7, 11) is 0. The molecular weight excluding hydrogens is 308 g/mol. The van der Waals surface area contributed by atoms with Crippen molar-refractivity contribution in [2.45, 2.75) is 6.92 Å².